The van der Waals surface area contributed by atoms with Gasteiger partial charge < -0.3 is 0 Å². The van der Waals surface area contributed by atoms with Gasteiger partial charge in [0.2, 0.25) is 0 Å². The average molecular weight is 329 g/mol. The van der Waals surface area contributed by atoms with Crippen LogP contribution in [0.2, 0.25) is 5.02 Å². The van der Waals surface area contributed by atoms with Crippen LogP contribution < -0.4 is 15.9 Å². The minimum absolute atomic E-state index is 0.595. The van der Waals surface area contributed by atoms with E-state index in [0.29, 0.717) is 5.02 Å². The first-order chi connectivity index (χ1) is 10.8. The Bertz CT molecular complexity index is 770. The molecule has 0 aliphatic rings. The van der Waals surface area contributed by atoms with Crippen molar-refractivity contribution in [3.8, 4) is 0 Å². The van der Waals surface area contributed by atoms with Gasteiger partial charge in [-0.2, -0.15) is 0 Å². The van der Waals surface area contributed by atoms with Gasteiger partial charge in [-0.05, 0) is 16.7 Å². The van der Waals surface area contributed by atoms with Crippen LogP contribution in [0.4, 0.5) is 4.39 Å². The van der Waals surface area contributed by atoms with E-state index in [4.69, 9.17) is 11.6 Å². The second-order valence-electron chi connectivity index (χ2n) is 4.94. The molecule has 0 unspecified atom stereocenters. The molecule has 0 bridgehead atoms. The molecule has 3 aromatic rings. The Labute approximate surface area is 135 Å². The number of hydrogen-bond donors (Lipinski definition) is 0. The highest BCUT2D eigenvalue weighted by Gasteiger charge is 2.27. The molecule has 0 N–H and O–H groups in total. The van der Waals surface area contributed by atoms with E-state index in [1.807, 2.05) is 84.9 Å². The molecule has 0 radical (unpaired) electrons. The summed E-state index contributed by atoms with van der Waals surface area (Å²) in [6.07, 6.45) is 0. The monoisotopic (exact) mass is 328 g/mol. The summed E-state index contributed by atoms with van der Waals surface area (Å²) in [4.78, 5) is 0. The predicted octanol–water partition coefficient (Wildman–Crippen LogP) is 4.36. The summed E-state index contributed by atoms with van der Waals surface area (Å²) >= 11 is 6.43. The zero-order valence-corrected chi connectivity index (χ0v) is 13.5. The molecule has 0 fully saturated rings. The Morgan fingerprint density at radius 3 is 1.59 bits per heavy atom. The Kier molecular flexibility index (Phi) is 4.47. The SMILES string of the molecule is FC=P(c1ccccc1)(c1ccccc1)c1ccccc1Cl. The highest BCUT2D eigenvalue weighted by atomic mass is 35.5. The average Bonchev–Trinajstić information content (AvgIpc) is 2.59. The lowest BCUT2D eigenvalue weighted by Crippen LogP contribution is -2.27. The Balaban J connectivity index is 2.40. The number of hydrogen-bond acceptors (Lipinski definition) is 0. The molecule has 0 atom stereocenters. The fourth-order valence-electron chi connectivity index (χ4n) is 2.66. The third-order valence-electron chi connectivity index (χ3n) is 3.71. The Hall–Kier alpha value is -1.82. The molecule has 0 aliphatic carbocycles. The minimum Gasteiger partial charge on any atom is -0.214 e. The molecule has 0 aliphatic heterocycles. The fourth-order valence-corrected chi connectivity index (χ4v) is 6.39. The second-order valence-corrected chi connectivity index (χ2v) is 8.51. The van der Waals surface area contributed by atoms with Gasteiger partial charge >= 0.3 is 0 Å². The quantitative estimate of drug-likeness (QED) is 0.627. The van der Waals surface area contributed by atoms with Crippen molar-refractivity contribution in [2.24, 2.45) is 0 Å². The van der Waals surface area contributed by atoms with Crippen LogP contribution in [-0.2, 0) is 0 Å². The van der Waals surface area contributed by atoms with Crippen LogP contribution >= 0.6 is 18.5 Å². The van der Waals surface area contributed by atoms with Crippen molar-refractivity contribution in [3.05, 3.63) is 90.0 Å². The van der Waals surface area contributed by atoms with Crippen molar-refractivity contribution in [2.45, 2.75) is 0 Å². The molecule has 0 saturated carbocycles. The maximum Gasteiger partial charge on any atom is 0.0952 e. The van der Waals surface area contributed by atoms with Gasteiger partial charge in [-0.15, -0.1) is 0 Å². The topological polar surface area (TPSA) is 0 Å². The zero-order chi connectivity index (χ0) is 15.4. The summed E-state index contributed by atoms with van der Waals surface area (Å²) < 4.78 is 14.4. The molecule has 0 spiro atoms. The summed E-state index contributed by atoms with van der Waals surface area (Å²) in [5.74, 6) is 0. The van der Waals surface area contributed by atoms with Gasteiger partial charge in [0.05, 0.1) is 6.05 Å². The van der Waals surface area contributed by atoms with E-state index in [1.54, 1.807) is 0 Å². The maximum atomic E-state index is 14.4. The van der Waals surface area contributed by atoms with Crippen LogP contribution in [0.15, 0.2) is 84.9 Å². The Morgan fingerprint density at radius 2 is 1.14 bits per heavy atom. The van der Waals surface area contributed by atoms with Crippen molar-refractivity contribution in [1.29, 1.82) is 0 Å². The lowest BCUT2D eigenvalue weighted by Gasteiger charge is -2.27. The van der Waals surface area contributed by atoms with Gasteiger partial charge in [-0.25, -0.2) is 4.39 Å². The minimum atomic E-state index is -2.50. The molecule has 3 aromatic carbocycles. The van der Waals surface area contributed by atoms with E-state index in [2.05, 4.69) is 0 Å². The van der Waals surface area contributed by atoms with E-state index < -0.39 is 6.89 Å². The number of benzene rings is 3. The van der Waals surface area contributed by atoms with Gasteiger partial charge in [0.1, 0.15) is 0 Å². The molecule has 3 rings (SSSR count). The van der Waals surface area contributed by atoms with Gasteiger partial charge in [0.15, 0.2) is 0 Å². The van der Waals surface area contributed by atoms with Gasteiger partial charge in [-0.1, -0.05) is 90.5 Å². The van der Waals surface area contributed by atoms with Gasteiger partial charge in [-0.3, -0.25) is 0 Å². The van der Waals surface area contributed by atoms with Crippen molar-refractivity contribution in [3.63, 3.8) is 0 Å². The van der Waals surface area contributed by atoms with Crippen molar-refractivity contribution >= 4 is 40.5 Å². The van der Waals surface area contributed by atoms with Crippen molar-refractivity contribution < 1.29 is 4.39 Å². The number of rotatable bonds is 3. The van der Waals surface area contributed by atoms with Crippen LogP contribution in [0.25, 0.3) is 0 Å². The van der Waals surface area contributed by atoms with Crippen LogP contribution in [0.1, 0.15) is 0 Å². The first kappa shape index (κ1) is 15.1. The van der Waals surface area contributed by atoms with Gasteiger partial charge in [0.25, 0.3) is 0 Å². The predicted molar refractivity (Wildman–Crippen MR) is 97.3 cm³/mol. The highest BCUT2D eigenvalue weighted by Crippen LogP contribution is 2.45. The van der Waals surface area contributed by atoms with Crippen LogP contribution in [0.3, 0.4) is 0 Å². The van der Waals surface area contributed by atoms with Crippen LogP contribution in [0.5, 0.6) is 0 Å². The molecule has 0 aromatic heterocycles. The summed E-state index contributed by atoms with van der Waals surface area (Å²) in [6, 6.07) is 27.9. The molecular formula is C19H15ClFP. The van der Waals surface area contributed by atoms with Gasteiger partial charge in [0, 0.05) is 17.2 Å². The fraction of sp³-hybridized carbons (Fsp3) is 0. The molecule has 3 heteroatoms. The standard InChI is InChI=1S/C19H15ClFP/c20-18-13-7-8-14-19(18)22(15-21,16-9-3-1-4-10-16)17-11-5-2-6-12-17/h1-15H. The molecule has 0 saturated heterocycles. The van der Waals surface area contributed by atoms with E-state index >= 15 is 0 Å². The molecular weight excluding hydrogens is 314 g/mol. The summed E-state index contributed by atoms with van der Waals surface area (Å²) in [5.41, 5.74) is 0. The highest BCUT2D eigenvalue weighted by molar-refractivity contribution is 7.94. The molecule has 0 amide bonds. The Morgan fingerprint density at radius 1 is 0.682 bits per heavy atom. The third kappa shape index (κ3) is 2.52. The summed E-state index contributed by atoms with van der Waals surface area (Å²) in [5, 5.41) is 3.35. The number of halogens is 2. The van der Waals surface area contributed by atoms with Crippen LogP contribution in [-0.4, -0.2) is 6.05 Å². The summed E-state index contributed by atoms with van der Waals surface area (Å²) in [7, 11) is 0. The van der Waals surface area contributed by atoms with E-state index in [9.17, 15) is 4.39 Å². The van der Waals surface area contributed by atoms with E-state index in [0.717, 1.165) is 22.0 Å². The van der Waals surface area contributed by atoms with Crippen molar-refractivity contribution in [1.82, 2.24) is 0 Å². The first-order valence-corrected chi connectivity index (χ1v) is 9.22. The molecule has 0 heterocycles. The lowest BCUT2D eigenvalue weighted by molar-refractivity contribution is 0.861. The van der Waals surface area contributed by atoms with E-state index in [-0.39, 0.29) is 0 Å². The van der Waals surface area contributed by atoms with Crippen LogP contribution in [0, 0.1) is 0 Å². The molecule has 110 valence electrons. The zero-order valence-electron chi connectivity index (χ0n) is 11.9. The third-order valence-corrected chi connectivity index (χ3v) is 7.84. The molecule has 0 nitrogen and oxygen atoms in total. The first-order valence-electron chi connectivity index (χ1n) is 6.98. The smallest absolute Gasteiger partial charge is 0.0952 e. The van der Waals surface area contributed by atoms with Crippen molar-refractivity contribution in [2.75, 3.05) is 0 Å². The second kappa shape index (κ2) is 6.52. The maximum absolute atomic E-state index is 14.4. The van der Waals surface area contributed by atoms with E-state index in [1.165, 1.54) is 0 Å². The largest absolute Gasteiger partial charge is 0.214 e. The molecule has 22 heavy (non-hydrogen) atoms. The lowest BCUT2D eigenvalue weighted by atomic mass is 10.3. The summed E-state index contributed by atoms with van der Waals surface area (Å²) in [6.45, 7) is -2.50. The normalized spacial score (nSPS) is 11.2.